The van der Waals surface area contributed by atoms with Crippen LogP contribution in [0.15, 0.2) is 50.1 Å². The number of rotatable bonds is 6. The summed E-state index contributed by atoms with van der Waals surface area (Å²) < 4.78 is 7.53. The lowest BCUT2D eigenvalue weighted by Crippen LogP contribution is -2.23. The lowest BCUT2D eigenvalue weighted by atomic mass is 10.2. The first kappa shape index (κ1) is 19.2. The number of hydrogen-bond acceptors (Lipinski definition) is 7. The van der Waals surface area contributed by atoms with Crippen LogP contribution in [0.5, 0.6) is 0 Å². The Morgan fingerprint density at radius 3 is 2.93 bits per heavy atom. The maximum absolute atomic E-state index is 12.9. The van der Waals surface area contributed by atoms with E-state index in [1.807, 2.05) is 31.4 Å². The van der Waals surface area contributed by atoms with Crippen molar-refractivity contribution in [2.45, 2.75) is 37.2 Å². The second kappa shape index (κ2) is 8.06. The van der Waals surface area contributed by atoms with Crippen LogP contribution in [0.4, 0.5) is 0 Å². The number of thiophene rings is 1. The average Bonchev–Trinajstić information content (AvgIpc) is 3.35. The Morgan fingerprint density at radius 1 is 1.32 bits per heavy atom. The second-order valence-corrected chi connectivity index (χ2v) is 8.89. The molecule has 4 aromatic rings. The number of aromatic nitrogens is 4. The number of halogens is 1. The molecule has 0 spiro atoms. The Labute approximate surface area is 174 Å². The molecule has 0 saturated heterocycles. The lowest BCUT2D eigenvalue weighted by Gasteiger charge is -2.14. The fraction of sp³-hybridized carbons (Fsp3) is 0.263. The molecule has 1 aromatic carbocycles. The number of thioether (sulfide) groups is 1. The summed E-state index contributed by atoms with van der Waals surface area (Å²) in [5.41, 5.74) is 0.521. The van der Waals surface area contributed by atoms with Crippen LogP contribution in [0.1, 0.15) is 31.4 Å². The third-order valence-corrected chi connectivity index (χ3v) is 6.30. The third kappa shape index (κ3) is 3.72. The third-order valence-electron chi connectivity index (χ3n) is 4.13. The van der Waals surface area contributed by atoms with Crippen LogP contribution in [0.3, 0.4) is 0 Å². The van der Waals surface area contributed by atoms with Crippen LogP contribution in [-0.2, 0) is 6.54 Å². The molecule has 9 heteroatoms. The molecule has 0 unspecified atom stereocenters. The van der Waals surface area contributed by atoms with Crippen LogP contribution in [0.2, 0.25) is 5.02 Å². The molecule has 0 N–H and O–H groups in total. The van der Waals surface area contributed by atoms with Gasteiger partial charge in [-0.2, -0.15) is 0 Å². The van der Waals surface area contributed by atoms with Crippen molar-refractivity contribution in [3.8, 4) is 10.8 Å². The van der Waals surface area contributed by atoms with E-state index < -0.39 is 0 Å². The highest BCUT2D eigenvalue weighted by Crippen LogP contribution is 2.35. The van der Waals surface area contributed by atoms with Gasteiger partial charge in [0.1, 0.15) is 0 Å². The minimum absolute atomic E-state index is 0.0666. The Bertz CT molecular complexity index is 1170. The van der Waals surface area contributed by atoms with E-state index in [1.165, 1.54) is 11.8 Å². The molecule has 0 aliphatic carbocycles. The first-order valence-electron chi connectivity index (χ1n) is 8.81. The SMILES string of the molecule is CCCn1c(S[C@@H](C)c2nnc(-c3cccs3)o2)nc2cc(Cl)ccc2c1=O. The largest absolute Gasteiger partial charge is 0.419 e. The minimum atomic E-state index is -0.159. The molecular formula is C19H17ClN4O2S2. The van der Waals surface area contributed by atoms with Gasteiger partial charge in [0.15, 0.2) is 5.16 Å². The zero-order valence-electron chi connectivity index (χ0n) is 15.3. The molecule has 0 saturated carbocycles. The summed E-state index contributed by atoms with van der Waals surface area (Å²) in [6.45, 7) is 4.58. The first-order valence-corrected chi connectivity index (χ1v) is 10.9. The van der Waals surface area contributed by atoms with Gasteiger partial charge >= 0.3 is 0 Å². The van der Waals surface area contributed by atoms with Crippen molar-refractivity contribution in [2.24, 2.45) is 0 Å². The van der Waals surface area contributed by atoms with Gasteiger partial charge in [0.25, 0.3) is 11.4 Å². The molecule has 28 heavy (non-hydrogen) atoms. The molecule has 0 aliphatic heterocycles. The maximum atomic E-state index is 12.9. The Morgan fingerprint density at radius 2 is 2.18 bits per heavy atom. The molecule has 144 valence electrons. The highest BCUT2D eigenvalue weighted by molar-refractivity contribution is 7.99. The van der Waals surface area contributed by atoms with Crippen molar-refractivity contribution in [1.82, 2.24) is 19.7 Å². The van der Waals surface area contributed by atoms with Gasteiger partial charge in [0, 0.05) is 11.6 Å². The van der Waals surface area contributed by atoms with E-state index in [2.05, 4.69) is 10.2 Å². The average molecular weight is 433 g/mol. The summed E-state index contributed by atoms with van der Waals surface area (Å²) in [5.74, 6) is 0.999. The standard InChI is InChI=1S/C19H17ClN4O2S2/c1-3-8-24-18(25)13-7-6-12(20)10-14(13)21-19(24)28-11(2)16-22-23-17(26-16)15-5-4-9-27-15/h4-7,9-11H,3,8H2,1-2H3/t11-/m0/s1. The molecule has 6 nitrogen and oxygen atoms in total. The molecule has 0 amide bonds. The van der Waals surface area contributed by atoms with Gasteiger partial charge in [-0.3, -0.25) is 9.36 Å². The van der Waals surface area contributed by atoms with Crippen LogP contribution >= 0.6 is 34.7 Å². The van der Waals surface area contributed by atoms with Crippen LogP contribution in [-0.4, -0.2) is 19.7 Å². The second-order valence-electron chi connectivity index (χ2n) is 6.20. The highest BCUT2D eigenvalue weighted by atomic mass is 35.5. The van der Waals surface area contributed by atoms with Gasteiger partial charge in [-0.15, -0.1) is 21.5 Å². The van der Waals surface area contributed by atoms with Crippen molar-refractivity contribution >= 4 is 45.6 Å². The van der Waals surface area contributed by atoms with E-state index in [-0.39, 0.29) is 10.8 Å². The quantitative estimate of drug-likeness (QED) is 0.299. The topological polar surface area (TPSA) is 73.8 Å². The Balaban J connectivity index is 1.70. The molecule has 3 aromatic heterocycles. The molecule has 0 radical (unpaired) electrons. The van der Waals surface area contributed by atoms with E-state index in [1.54, 1.807) is 34.1 Å². The van der Waals surface area contributed by atoms with Gasteiger partial charge in [-0.1, -0.05) is 36.4 Å². The molecule has 1 atom stereocenters. The molecule has 0 fully saturated rings. The highest BCUT2D eigenvalue weighted by Gasteiger charge is 2.20. The smallest absolute Gasteiger partial charge is 0.262 e. The Hall–Kier alpha value is -2.16. The van der Waals surface area contributed by atoms with Crippen molar-refractivity contribution < 1.29 is 4.42 Å². The maximum Gasteiger partial charge on any atom is 0.262 e. The van der Waals surface area contributed by atoms with Gasteiger partial charge in [-0.25, -0.2) is 4.98 Å². The molecule has 4 rings (SSSR count). The summed E-state index contributed by atoms with van der Waals surface area (Å²) >= 11 is 9.06. The summed E-state index contributed by atoms with van der Waals surface area (Å²) in [7, 11) is 0. The molecule has 0 bridgehead atoms. The van der Waals surface area contributed by atoms with Crippen molar-refractivity contribution in [3.63, 3.8) is 0 Å². The number of benzene rings is 1. The van der Waals surface area contributed by atoms with Crippen molar-refractivity contribution in [2.75, 3.05) is 0 Å². The predicted molar refractivity (Wildman–Crippen MR) is 113 cm³/mol. The normalized spacial score (nSPS) is 12.5. The zero-order valence-corrected chi connectivity index (χ0v) is 17.6. The lowest BCUT2D eigenvalue weighted by molar-refractivity contribution is 0.508. The molecule has 0 aliphatic rings. The summed E-state index contributed by atoms with van der Waals surface area (Å²) in [6.07, 6.45) is 0.825. The number of hydrogen-bond donors (Lipinski definition) is 0. The van der Waals surface area contributed by atoms with Gasteiger partial charge in [0.05, 0.1) is 21.0 Å². The van der Waals surface area contributed by atoms with Crippen LogP contribution in [0, 0.1) is 0 Å². The van der Waals surface area contributed by atoms with Gasteiger partial charge in [0.2, 0.25) is 5.89 Å². The van der Waals surface area contributed by atoms with Crippen LogP contribution < -0.4 is 5.56 Å². The van der Waals surface area contributed by atoms with E-state index >= 15 is 0 Å². The fourth-order valence-corrected chi connectivity index (χ4v) is 4.57. The number of nitrogens with zero attached hydrogens (tertiary/aromatic N) is 4. The van der Waals surface area contributed by atoms with Gasteiger partial charge < -0.3 is 4.42 Å². The van der Waals surface area contributed by atoms with E-state index in [0.717, 1.165) is 11.3 Å². The predicted octanol–water partition coefficient (Wildman–Crippen LogP) is 5.42. The molecular weight excluding hydrogens is 416 g/mol. The Kier molecular flexibility index (Phi) is 5.52. The summed E-state index contributed by atoms with van der Waals surface area (Å²) in [4.78, 5) is 18.6. The minimum Gasteiger partial charge on any atom is -0.419 e. The van der Waals surface area contributed by atoms with Crippen molar-refractivity contribution in [3.05, 3.63) is 57.0 Å². The van der Waals surface area contributed by atoms with Gasteiger partial charge in [-0.05, 0) is 43.0 Å². The zero-order chi connectivity index (χ0) is 19.7. The fourth-order valence-electron chi connectivity index (χ4n) is 2.79. The first-order chi connectivity index (χ1) is 13.6. The van der Waals surface area contributed by atoms with E-state index in [9.17, 15) is 4.79 Å². The molecule has 3 heterocycles. The van der Waals surface area contributed by atoms with Crippen molar-refractivity contribution in [1.29, 1.82) is 0 Å². The van der Waals surface area contributed by atoms with Crippen LogP contribution in [0.25, 0.3) is 21.7 Å². The number of fused-ring (bicyclic) bond motifs is 1. The summed E-state index contributed by atoms with van der Waals surface area (Å²) in [5, 5.41) is 11.8. The summed E-state index contributed by atoms with van der Waals surface area (Å²) in [6, 6.07) is 9.03. The van der Waals surface area contributed by atoms with E-state index in [0.29, 0.717) is 39.4 Å². The van der Waals surface area contributed by atoms with E-state index in [4.69, 9.17) is 21.0 Å². The monoisotopic (exact) mass is 432 g/mol.